The van der Waals surface area contributed by atoms with Crippen LogP contribution in [0.3, 0.4) is 0 Å². The summed E-state index contributed by atoms with van der Waals surface area (Å²) in [5.74, 6) is 5.49. The highest BCUT2D eigenvalue weighted by molar-refractivity contribution is 5.79. The van der Waals surface area contributed by atoms with E-state index in [9.17, 15) is 18.0 Å². The van der Waals surface area contributed by atoms with Crippen molar-refractivity contribution in [3.63, 3.8) is 0 Å². The normalized spacial score (nSPS) is 10.6. The molecular weight excluding hydrogens is 229 g/mol. The maximum Gasteiger partial charge on any atom is 0.416 e. The monoisotopic (exact) mass is 240 g/mol. The number of halogens is 3. The first-order valence-corrected chi connectivity index (χ1v) is 5.14. The van der Waals surface area contributed by atoms with Crippen LogP contribution in [-0.4, -0.2) is 6.29 Å². The number of unbranched alkanes of at least 4 members (excludes halogenated alkanes) is 1. The Morgan fingerprint density at radius 2 is 2.06 bits per heavy atom. The van der Waals surface area contributed by atoms with Crippen molar-refractivity contribution >= 4 is 6.29 Å². The van der Waals surface area contributed by atoms with Gasteiger partial charge in [-0.05, 0) is 24.6 Å². The zero-order chi connectivity index (χ0) is 12.9. The molecule has 1 rings (SSSR count). The molecule has 0 spiro atoms. The second-order valence-electron chi connectivity index (χ2n) is 3.47. The molecule has 0 saturated heterocycles. The molecule has 1 aromatic rings. The minimum Gasteiger partial charge on any atom is -0.298 e. The molecule has 0 heterocycles. The van der Waals surface area contributed by atoms with Crippen molar-refractivity contribution in [1.82, 2.24) is 0 Å². The lowest BCUT2D eigenvalue weighted by Gasteiger charge is -2.07. The summed E-state index contributed by atoms with van der Waals surface area (Å²) in [6.07, 6.45) is -2.53. The van der Waals surface area contributed by atoms with Crippen LogP contribution in [0.15, 0.2) is 18.2 Å². The van der Waals surface area contributed by atoms with Crippen molar-refractivity contribution in [3.05, 3.63) is 34.9 Å². The molecule has 0 bridgehead atoms. The van der Waals surface area contributed by atoms with E-state index in [0.29, 0.717) is 18.3 Å². The lowest BCUT2D eigenvalue weighted by Crippen LogP contribution is -2.06. The first kappa shape index (κ1) is 13.3. The maximum absolute atomic E-state index is 12.4. The Morgan fingerprint density at radius 3 is 2.59 bits per heavy atom. The van der Waals surface area contributed by atoms with E-state index in [4.69, 9.17) is 0 Å². The molecule has 0 fully saturated rings. The summed E-state index contributed by atoms with van der Waals surface area (Å²) in [5, 5.41) is 0. The van der Waals surface area contributed by atoms with Gasteiger partial charge in [0.05, 0.1) is 5.56 Å². The Labute approximate surface area is 97.6 Å². The molecule has 4 heteroatoms. The van der Waals surface area contributed by atoms with E-state index in [1.807, 2.05) is 6.92 Å². The summed E-state index contributed by atoms with van der Waals surface area (Å²) in [6, 6.07) is 2.99. The van der Waals surface area contributed by atoms with Gasteiger partial charge in [-0.25, -0.2) is 0 Å². The smallest absolute Gasteiger partial charge is 0.298 e. The minimum atomic E-state index is -4.44. The molecule has 0 radical (unpaired) electrons. The fourth-order valence-corrected chi connectivity index (χ4v) is 1.23. The molecular formula is C13H11F3O. The minimum absolute atomic E-state index is 0.0246. The number of alkyl halides is 3. The summed E-state index contributed by atoms with van der Waals surface area (Å²) in [6.45, 7) is 1.95. The van der Waals surface area contributed by atoms with Gasteiger partial charge in [-0.1, -0.05) is 18.8 Å². The van der Waals surface area contributed by atoms with Crippen LogP contribution in [0.1, 0.15) is 41.3 Å². The number of aldehydes is 1. The zero-order valence-electron chi connectivity index (χ0n) is 9.27. The van der Waals surface area contributed by atoms with Crippen LogP contribution in [0.2, 0.25) is 0 Å². The van der Waals surface area contributed by atoms with Crippen LogP contribution < -0.4 is 0 Å². The van der Waals surface area contributed by atoms with E-state index in [1.54, 1.807) is 0 Å². The Balaban J connectivity index is 3.12. The number of hydrogen-bond donors (Lipinski definition) is 0. The molecule has 0 aliphatic rings. The molecule has 0 saturated carbocycles. The van der Waals surface area contributed by atoms with Crippen LogP contribution in [-0.2, 0) is 6.18 Å². The lowest BCUT2D eigenvalue weighted by molar-refractivity contribution is -0.137. The van der Waals surface area contributed by atoms with Gasteiger partial charge in [0.2, 0.25) is 0 Å². The summed E-state index contributed by atoms with van der Waals surface area (Å²) in [5.41, 5.74) is -0.523. The average molecular weight is 240 g/mol. The van der Waals surface area contributed by atoms with Gasteiger partial charge in [0.15, 0.2) is 6.29 Å². The van der Waals surface area contributed by atoms with Crippen molar-refractivity contribution in [2.75, 3.05) is 0 Å². The number of rotatable bonds is 2. The molecule has 90 valence electrons. The van der Waals surface area contributed by atoms with Gasteiger partial charge in [0.25, 0.3) is 0 Å². The third-order valence-electron chi connectivity index (χ3n) is 2.10. The molecule has 0 aromatic heterocycles. The summed E-state index contributed by atoms with van der Waals surface area (Å²) in [4.78, 5) is 10.7. The Bertz CT molecular complexity index is 464. The lowest BCUT2D eigenvalue weighted by atomic mass is 10.0. The highest BCUT2D eigenvalue weighted by Gasteiger charge is 2.30. The van der Waals surface area contributed by atoms with E-state index < -0.39 is 11.7 Å². The van der Waals surface area contributed by atoms with Crippen molar-refractivity contribution in [2.24, 2.45) is 0 Å². The van der Waals surface area contributed by atoms with Crippen molar-refractivity contribution < 1.29 is 18.0 Å². The molecule has 0 unspecified atom stereocenters. The first-order valence-electron chi connectivity index (χ1n) is 5.14. The van der Waals surface area contributed by atoms with E-state index in [2.05, 4.69) is 11.8 Å². The highest BCUT2D eigenvalue weighted by atomic mass is 19.4. The van der Waals surface area contributed by atoms with Crippen LogP contribution >= 0.6 is 0 Å². The van der Waals surface area contributed by atoms with Gasteiger partial charge in [0, 0.05) is 17.5 Å². The van der Waals surface area contributed by atoms with Gasteiger partial charge < -0.3 is 0 Å². The Hall–Kier alpha value is -1.76. The standard InChI is InChI=1S/C13H11F3O/c1-2-3-4-5-10-6-7-12(13(14,15)16)8-11(10)9-17/h6-9H,2-3H2,1H3. The molecule has 0 amide bonds. The maximum atomic E-state index is 12.4. The van der Waals surface area contributed by atoms with Gasteiger partial charge >= 0.3 is 6.18 Å². The quantitative estimate of drug-likeness (QED) is 0.569. The van der Waals surface area contributed by atoms with Crippen molar-refractivity contribution in [3.8, 4) is 11.8 Å². The van der Waals surface area contributed by atoms with Crippen molar-refractivity contribution in [2.45, 2.75) is 25.9 Å². The molecule has 1 nitrogen and oxygen atoms in total. The highest BCUT2D eigenvalue weighted by Crippen LogP contribution is 2.30. The third kappa shape index (κ3) is 3.63. The van der Waals surface area contributed by atoms with E-state index >= 15 is 0 Å². The molecule has 17 heavy (non-hydrogen) atoms. The average Bonchev–Trinajstić information content (AvgIpc) is 2.28. The summed E-state index contributed by atoms with van der Waals surface area (Å²) in [7, 11) is 0. The molecule has 0 aliphatic heterocycles. The van der Waals surface area contributed by atoms with E-state index in [-0.39, 0.29) is 5.56 Å². The molecule has 0 N–H and O–H groups in total. The fourth-order valence-electron chi connectivity index (χ4n) is 1.23. The number of hydrogen-bond acceptors (Lipinski definition) is 1. The van der Waals surface area contributed by atoms with Crippen LogP contribution in [0.4, 0.5) is 13.2 Å². The fraction of sp³-hybridized carbons (Fsp3) is 0.308. The number of benzene rings is 1. The predicted molar refractivity (Wildman–Crippen MR) is 58.6 cm³/mol. The van der Waals surface area contributed by atoms with Crippen LogP contribution in [0.5, 0.6) is 0 Å². The third-order valence-corrected chi connectivity index (χ3v) is 2.10. The molecule has 0 atom stereocenters. The van der Waals surface area contributed by atoms with E-state index in [0.717, 1.165) is 18.6 Å². The van der Waals surface area contributed by atoms with E-state index in [1.165, 1.54) is 6.07 Å². The van der Waals surface area contributed by atoms with Crippen LogP contribution in [0, 0.1) is 11.8 Å². The van der Waals surface area contributed by atoms with Gasteiger partial charge in [0.1, 0.15) is 0 Å². The summed E-state index contributed by atoms with van der Waals surface area (Å²) >= 11 is 0. The Morgan fingerprint density at radius 1 is 1.35 bits per heavy atom. The number of carbonyl (C=O) groups is 1. The van der Waals surface area contributed by atoms with Gasteiger partial charge in [-0.3, -0.25) is 4.79 Å². The topological polar surface area (TPSA) is 17.1 Å². The van der Waals surface area contributed by atoms with Crippen molar-refractivity contribution in [1.29, 1.82) is 0 Å². The first-order chi connectivity index (χ1) is 7.99. The second-order valence-corrected chi connectivity index (χ2v) is 3.47. The second kappa shape index (κ2) is 5.53. The Kier molecular flexibility index (Phi) is 4.33. The number of carbonyl (C=O) groups excluding carboxylic acids is 1. The van der Waals surface area contributed by atoms with Gasteiger partial charge in [-0.15, -0.1) is 0 Å². The van der Waals surface area contributed by atoms with Gasteiger partial charge in [-0.2, -0.15) is 13.2 Å². The summed E-state index contributed by atoms with van der Waals surface area (Å²) < 4.78 is 37.2. The SMILES string of the molecule is CCCC#Cc1ccc(C(F)(F)F)cc1C=O. The molecule has 0 aliphatic carbocycles. The van der Waals surface area contributed by atoms with Crippen LogP contribution in [0.25, 0.3) is 0 Å². The zero-order valence-corrected chi connectivity index (χ0v) is 9.27. The largest absolute Gasteiger partial charge is 0.416 e. The molecule has 1 aromatic carbocycles. The predicted octanol–water partition coefficient (Wildman–Crippen LogP) is 3.67.